The van der Waals surface area contributed by atoms with Crippen molar-refractivity contribution in [2.45, 2.75) is 70.6 Å². The minimum Gasteiger partial charge on any atom is -0.329 e. The molecule has 2 fully saturated rings. The second kappa shape index (κ2) is 7.07. The molecule has 24 heavy (non-hydrogen) atoms. The molecule has 2 unspecified atom stereocenters. The highest BCUT2D eigenvalue weighted by molar-refractivity contribution is 8.01. The molecule has 3 nitrogen and oxygen atoms in total. The summed E-state index contributed by atoms with van der Waals surface area (Å²) in [5, 5.41) is 0. The molecule has 0 radical (unpaired) electrons. The Kier molecular flexibility index (Phi) is 4.84. The van der Waals surface area contributed by atoms with E-state index in [1.165, 1.54) is 36.2 Å². The monoisotopic (exact) mass is 345 g/mol. The van der Waals surface area contributed by atoms with E-state index in [1.807, 2.05) is 0 Å². The summed E-state index contributed by atoms with van der Waals surface area (Å²) >= 11 is 1.67. The van der Waals surface area contributed by atoms with E-state index in [2.05, 4.69) is 10.8 Å². The summed E-state index contributed by atoms with van der Waals surface area (Å²) in [4.78, 5) is 27.5. The molecule has 3 aliphatic carbocycles. The van der Waals surface area contributed by atoms with Crippen molar-refractivity contribution in [2.24, 2.45) is 17.8 Å². The molecule has 0 aromatic carbocycles. The van der Waals surface area contributed by atoms with Crippen LogP contribution in [-0.4, -0.2) is 11.6 Å². The predicted octanol–water partition coefficient (Wildman–Crippen LogP) is 4.69. The fourth-order valence-electron chi connectivity index (χ4n) is 4.82. The van der Waals surface area contributed by atoms with Crippen LogP contribution in [-0.2, 0) is 9.59 Å². The van der Waals surface area contributed by atoms with Gasteiger partial charge in [-0.3, -0.25) is 9.59 Å². The minimum absolute atomic E-state index is 0.108. The van der Waals surface area contributed by atoms with Gasteiger partial charge in [-0.15, -0.1) is 0 Å². The van der Waals surface area contributed by atoms with E-state index in [0.717, 1.165) is 50.6 Å². The molecule has 1 heterocycles. The number of Topliss-reactive ketones (excluding diaryl/α,β-unsaturated/α-hetero) is 2. The van der Waals surface area contributed by atoms with Gasteiger partial charge in [0.05, 0.1) is 0 Å². The van der Waals surface area contributed by atoms with Gasteiger partial charge in [-0.25, -0.2) is 0 Å². The summed E-state index contributed by atoms with van der Waals surface area (Å²) in [6, 6.07) is 0. The van der Waals surface area contributed by atoms with Crippen molar-refractivity contribution in [3.63, 3.8) is 0 Å². The number of fused-ring (bicyclic) bond motifs is 2. The van der Waals surface area contributed by atoms with Gasteiger partial charge in [-0.1, -0.05) is 30.9 Å². The van der Waals surface area contributed by atoms with Gasteiger partial charge >= 0.3 is 0 Å². The second-order valence-corrected chi connectivity index (χ2v) is 8.71. The van der Waals surface area contributed by atoms with Gasteiger partial charge in [0.2, 0.25) is 0 Å². The largest absolute Gasteiger partial charge is 0.329 e. The second-order valence-electron chi connectivity index (χ2n) is 7.81. The third-order valence-corrected chi connectivity index (χ3v) is 7.32. The number of ketones is 2. The predicted molar refractivity (Wildman–Crippen MR) is 97.1 cm³/mol. The summed E-state index contributed by atoms with van der Waals surface area (Å²) in [5.74, 6) is 0.0866. The van der Waals surface area contributed by atoms with E-state index in [9.17, 15) is 9.59 Å². The molecule has 2 bridgehead atoms. The lowest BCUT2D eigenvalue weighted by atomic mass is 9.68. The van der Waals surface area contributed by atoms with E-state index in [-0.39, 0.29) is 23.4 Å². The normalized spacial score (nSPS) is 34.5. The molecule has 130 valence electrons. The molecule has 0 amide bonds. The fraction of sp³-hybridized carbons (Fsp3) is 0.700. The number of carbonyl (C=O) groups is 2. The summed E-state index contributed by atoms with van der Waals surface area (Å²) in [5.41, 5.74) is 2.40. The van der Waals surface area contributed by atoms with Crippen molar-refractivity contribution in [1.82, 2.24) is 4.72 Å². The maximum absolute atomic E-state index is 13.0. The smallest absolute Gasteiger partial charge is 0.152 e. The first-order chi connectivity index (χ1) is 11.7. The Morgan fingerprint density at radius 3 is 2.38 bits per heavy atom. The molecule has 2 saturated carbocycles. The number of carbonyl (C=O) groups excluding carboxylic acids is 2. The molecule has 0 saturated heterocycles. The van der Waals surface area contributed by atoms with Gasteiger partial charge in [0.15, 0.2) is 11.6 Å². The zero-order valence-electron chi connectivity index (χ0n) is 14.3. The quantitative estimate of drug-likeness (QED) is 0.553. The summed E-state index contributed by atoms with van der Waals surface area (Å²) in [6.45, 7) is 0. The maximum Gasteiger partial charge on any atom is 0.152 e. The van der Waals surface area contributed by atoms with E-state index in [0.29, 0.717) is 0 Å². The van der Waals surface area contributed by atoms with Gasteiger partial charge < -0.3 is 4.72 Å². The van der Waals surface area contributed by atoms with Crippen LogP contribution in [0.4, 0.5) is 0 Å². The van der Waals surface area contributed by atoms with E-state index in [4.69, 9.17) is 0 Å². The molecule has 0 aromatic rings. The first kappa shape index (κ1) is 16.4. The van der Waals surface area contributed by atoms with Gasteiger partial charge in [0.1, 0.15) is 5.92 Å². The molecular formula is C20H27NO2S. The van der Waals surface area contributed by atoms with Gasteiger partial charge in [0.25, 0.3) is 0 Å². The lowest BCUT2D eigenvalue weighted by molar-refractivity contribution is -0.141. The van der Waals surface area contributed by atoms with Crippen LogP contribution >= 0.6 is 11.9 Å². The van der Waals surface area contributed by atoms with Crippen molar-refractivity contribution in [3.05, 3.63) is 22.3 Å². The summed E-state index contributed by atoms with van der Waals surface area (Å²) < 4.78 is 3.41. The Hall–Kier alpha value is -1.03. The van der Waals surface area contributed by atoms with Gasteiger partial charge in [0, 0.05) is 22.4 Å². The fourth-order valence-corrected chi connectivity index (χ4v) is 5.84. The Morgan fingerprint density at radius 2 is 1.62 bits per heavy atom. The topological polar surface area (TPSA) is 46.2 Å². The highest BCUT2D eigenvalue weighted by Gasteiger charge is 2.45. The average Bonchev–Trinajstić information content (AvgIpc) is 2.77. The van der Waals surface area contributed by atoms with Crippen molar-refractivity contribution >= 4 is 23.5 Å². The molecule has 4 heteroatoms. The van der Waals surface area contributed by atoms with Crippen LogP contribution in [0.5, 0.6) is 0 Å². The standard InChI is InChI=1S/C20H27NO2S/c22-19-14-7-2-1-3-8-15(12-14)20(23)18(19)16-11-10-13-6-4-5-9-17(13)24-21-16/h11,14-15,18,21H,1-10,12H2. The van der Waals surface area contributed by atoms with E-state index in [1.54, 1.807) is 11.9 Å². The molecule has 1 N–H and O–H groups in total. The first-order valence-corrected chi connectivity index (χ1v) is 10.5. The zero-order chi connectivity index (χ0) is 16.5. The van der Waals surface area contributed by atoms with E-state index >= 15 is 0 Å². The van der Waals surface area contributed by atoms with E-state index < -0.39 is 5.92 Å². The highest BCUT2D eigenvalue weighted by atomic mass is 32.2. The minimum atomic E-state index is -0.513. The number of hydrogen-bond donors (Lipinski definition) is 1. The Morgan fingerprint density at radius 1 is 0.917 bits per heavy atom. The van der Waals surface area contributed by atoms with Crippen LogP contribution in [0.3, 0.4) is 0 Å². The summed E-state index contributed by atoms with van der Waals surface area (Å²) in [6.07, 6.45) is 14.1. The van der Waals surface area contributed by atoms with Gasteiger partial charge in [-0.05, 0) is 63.3 Å². The lowest BCUT2D eigenvalue weighted by Gasteiger charge is -2.35. The van der Waals surface area contributed by atoms with Crippen molar-refractivity contribution in [3.8, 4) is 0 Å². The molecule has 4 aliphatic rings. The molecule has 0 aromatic heterocycles. The van der Waals surface area contributed by atoms with Crippen LogP contribution in [0.1, 0.15) is 70.6 Å². The van der Waals surface area contributed by atoms with Crippen LogP contribution in [0.2, 0.25) is 0 Å². The van der Waals surface area contributed by atoms with Crippen LogP contribution in [0, 0.1) is 17.8 Å². The Labute approximate surface area is 148 Å². The Bertz CT molecular complexity index is 583. The molecule has 0 spiro atoms. The zero-order valence-corrected chi connectivity index (χ0v) is 15.1. The molecule has 1 aliphatic heterocycles. The molecule has 2 atom stereocenters. The van der Waals surface area contributed by atoms with Crippen LogP contribution < -0.4 is 4.72 Å². The number of hydrogen-bond acceptors (Lipinski definition) is 4. The number of rotatable bonds is 1. The molecular weight excluding hydrogens is 318 g/mol. The summed E-state index contributed by atoms with van der Waals surface area (Å²) in [7, 11) is 0. The van der Waals surface area contributed by atoms with Crippen molar-refractivity contribution < 1.29 is 9.59 Å². The maximum atomic E-state index is 13.0. The SMILES string of the molecule is O=C1C2CCCCCC(C2)C(=O)C1C1=CCC2=C(CCCC2)SN1. The van der Waals surface area contributed by atoms with Crippen LogP contribution in [0.15, 0.2) is 22.3 Å². The molecule has 4 rings (SSSR count). The first-order valence-electron chi connectivity index (χ1n) is 9.65. The average molecular weight is 346 g/mol. The number of nitrogens with one attached hydrogen (secondary N) is 1. The van der Waals surface area contributed by atoms with Crippen LogP contribution in [0.25, 0.3) is 0 Å². The third-order valence-electron chi connectivity index (χ3n) is 6.25. The Balaban J connectivity index is 1.57. The van der Waals surface area contributed by atoms with Crippen molar-refractivity contribution in [1.29, 1.82) is 0 Å². The third kappa shape index (κ3) is 3.10. The highest BCUT2D eigenvalue weighted by Crippen LogP contribution is 2.41. The van der Waals surface area contributed by atoms with Crippen molar-refractivity contribution in [2.75, 3.05) is 0 Å². The lowest BCUT2D eigenvalue weighted by Crippen LogP contribution is -2.44. The number of allylic oxidation sites excluding steroid dienone is 4. The van der Waals surface area contributed by atoms with Gasteiger partial charge in [-0.2, -0.15) is 0 Å².